The van der Waals surface area contributed by atoms with E-state index in [4.69, 9.17) is 16.3 Å². The molecule has 0 aliphatic heterocycles. The lowest BCUT2D eigenvalue weighted by molar-refractivity contribution is 0.416. The Labute approximate surface area is 107 Å². The Morgan fingerprint density at radius 1 is 1.25 bits per heavy atom. The van der Waals surface area contributed by atoms with E-state index in [2.05, 4.69) is 25.9 Å². The van der Waals surface area contributed by atoms with Gasteiger partial charge in [0.2, 0.25) is 0 Å². The number of halogens is 2. The minimum Gasteiger partial charge on any atom is -0.496 e. The first-order valence-corrected chi connectivity index (χ1v) is 5.70. The van der Waals surface area contributed by atoms with Crippen molar-refractivity contribution in [3.8, 4) is 17.0 Å². The summed E-state index contributed by atoms with van der Waals surface area (Å²) in [7, 11) is 1.61. The minimum absolute atomic E-state index is 0.360. The first kappa shape index (κ1) is 11.4. The highest BCUT2D eigenvalue weighted by molar-refractivity contribution is 9.10. The molecule has 0 amide bonds. The summed E-state index contributed by atoms with van der Waals surface area (Å²) in [5.41, 5.74) is 1.43. The average Bonchev–Trinajstić information content (AvgIpc) is 2.29. The molecule has 0 unspecified atom stereocenters. The first-order chi connectivity index (χ1) is 7.72. The predicted molar refractivity (Wildman–Crippen MR) is 66.7 cm³/mol. The zero-order valence-electron chi connectivity index (χ0n) is 8.45. The average molecular weight is 300 g/mol. The fourth-order valence-corrected chi connectivity index (χ4v) is 1.94. The van der Waals surface area contributed by atoms with E-state index in [1.807, 2.05) is 18.2 Å². The van der Waals surface area contributed by atoms with Crippen molar-refractivity contribution in [3.05, 3.63) is 40.2 Å². The molecule has 16 heavy (non-hydrogen) atoms. The third-order valence-electron chi connectivity index (χ3n) is 2.07. The standard InChI is InChI=1S/C11H8BrClN2O/c1-16-9-3-2-7(12)6-8(9)10-11(13)15-5-4-14-10/h2-6H,1H3. The molecule has 0 saturated heterocycles. The van der Waals surface area contributed by atoms with Crippen LogP contribution in [0.15, 0.2) is 35.1 Å². The highest BCUT2D eigenvalue weighted by atomic mass is 79.9. The summed E-state index contributed by atoms with van der Waals surface area (Å²) in [6, 6.07) is 5.64. The van der Waals surface area contributed by atoms with E-state index in [0.717, 1.165) is 10.0 Å². The third-order valence-corrected chi connectivity index (χ3v) is 2.84. The second-order valence-electron chi connectivity index (χ2n) is 3.04. The van der Waals surface area contributed by atoms with Gasteiger partial charge >= 0.3 is 0 Å². The van der Waals surface area contributed by atoms with Gasteiger partial charge in [0.1, 0.15) is 11.4 Å². The summed E-state index contributed by atoms with van der Waals surface area (Å²) in [4.78, 5) is 8.20. The Hall–Kier alpha value is -1.13. The van der Waals surface area contributed by atoms with Gasteiger partial charge in [-0.2, -0.15) is 0 Å². The zero-order valence-corrected chi connectivity index (χ0v) is 10.8. The summed E-state index contributed by atoms with van der Waals surface area (Å²) in [5.74, 6) is 0.714. The van der Waals surface area contributed by atoms with Crippen molar-refractivity contribution in [1.29, 1.82) is 0 Å². The van der Waals surface area contributed by atoms with Gasteiger partial charge in [0, 0.05) is 22.4 Å². The predicted octanol–water partition coefficient (Wildman–Crippen LogP) is 3.57. The number of aromatic nitrogens is 2. The third kappa shape index (κ3) is 2.18. The minimum atomic E-state index is 0.360. The molecule has 0 fully saturated rings. The van der Waals surface area contributed by atoms with E-state index in [-0.39, 0.29) is 0 Å². The van der Waals surface area contributed by atoms with Gasteiger partial charge in [0.05, 0.1) is 7.11 Å². The lowest BCUT2D eigenvalue weighted by Gasteiger charge is -2.08. The lowest BCUT2D eigenvalue weighted by atomic mass is 10.1. The number of hydrogen-bond acceptors (Lipinski definition) is 3. The molecule has 0 saturated carbocycles. The largest absolute Gasteiger partial charge is 0.496 e. The van der Waals surface area contributed by atoms with Crippen LogP contribution >= 0.6 is 27.5 Å². The maximum Gasteiger partial charge on any atom is 0.155 e. The van der Waals surface area contributed by atoms with Crippen LogP contribution in [0.25, 0.3) is 11.3 Å². The molecule has 1 aromatic heterocycles. The molecule has 0 spiro atoms. The van der Waals surface area contributed by atoms with Crippen LogP contribution in [0.2, 0.25) is 5.15 Å². The molecule has 1 heterocycles. The molecular weight excluding hydrogens is 291 g/mol. The number of hydrogen-bond donors (Lipinski definition) is 0. The van der Waals surface area contributed by atoms with Crippen LogP contribution in [0.1, 0.15) is 0 Å². The van der Waals surface area contributed by atoms with Gasteiger partial charge in [-0.1, -0.05) is 27.5 Å². The number of methoxy groups -OCH3 is 1. The first-order valence-electron chi connectivity index (χ1n) is 4.53. The molecule has 0 bridgehead atoms. The highest BCUT2D eigenvalue weighted by Crippen LogP contribution is 2.34. The Morgan fingerprint density at radius 3 is 2.69 bits per heavy atom. The number of benzene rings is 1. The van der Waals surface area contributed by atoms with E-state index in [1.54, 1.807) is 19.5 Å². The van der Waals surface area contributed by atoms with Gasteiger partial charge in [-0.05, 0) is 18.2 Å². The molecule has 82 valence electrons. The zero-order chi connectivity index (χ0) is 11.5. The second-order valence-corrected chi connectivity index (χ2v) is 4.31. The molecule has 0 atom stereocenters. The van der Waals surface area contributed by atoms with Crippen LogP contribution < -0.4 is 4.74 Å². The van der Waals surface area contributed by atoms with Crippen LogP contribution in [0.4, 0.5) is 0 Å². The van der Waals surface area contributed by atoms with Gasteiger partial charge in [0.15, 0.2) is 5.15 Å². The lowest BCUT2D eigenvalue weighted by Crippen LogP contribution is -1.92. The number of nitrogens with zero attached hydrogens (tertiary/aromatic N) is 2. The normalized spacial score (nSPS) is 10.2. The maximum absolute atomic E-state index is 6.00. The smallest absolute Gasteiger partial charge is 0.155 e. The summed E-state index contributed by atoms with van der Waals surface area (Å²) < 4.78 is 6.20. The maximum atomic E-state index is 6.00. The highest BCUT2D eigenvalue weighted by Gasteiger charge is 2.11. The van der Waals surface area contributed by atoms with E-state index in [1.165, 1.54) is 0 Å². The van der Waals surface area contributed by atoms with Crippen molar-refractivity contribution < 1.29 is 4.74 Å². The van der Waals surface area contributed by atoms with E-state index >= 15 is 0 Å². The fourth-order valence-electron chi connectivity index (χ4n) is 1.37. The van der Waals surface area contributed by atoms with Crippen molar-refractivity contribution >= 4 is 27.5 Å². The molecular formula is C11H8BrClN2O. The molecule has 0 N–H and O–H groups in total. The van der Waals surface area contributed by atoms with Crippen molar-refractivity contribution in [2.75, 3.05) is 7.11 Å². The SMILES string of the molecule is COc1ccc(Br)cc1-c1nccnc1Cl. The van der Waals surface area contributed by atoms with Gasteiger partial charge in [0.25, 0.3) is 0 Å². The van der Waals surface area contributed by atoms with Gasteiger partial charge < -0.3 is 4.74 Å². The topological polar surface area (TPSA) is 35.0 Å². The van der Waals surface area contributed by atoms with Gasteiger partial charge in [-0.15, -0.1) is 0 Å². The Balaban J connectivity index is 2.63. The van der Waals surface area contributed by atoms with E-state index in [9.17, 15) is 0 Å². The molecule has 0 aliphatic carbocycles. The Morgan fingerprint density at radius 2 is 2.00 bits per heavy atom. The molecule has 2 rings (SSSR count). The second kappa shape index (κ2) is 4.80. The van der Waals surface area contributed by atoms with E-state index < -0.39 is 0 Å². The van der Waals surface area contributed by atoms with Gasteiger partial charge in [-0.3, -0.25) is 4.98 Å². The summed E-state index contributed by atoms with van der Waals surface area (Å²) in [5, 5.41) is 0.360. The molecule has 2 aromatic rings. The summed E-state index contributed by atoms with van der Waals surface area (Å²) in [6.45, 7) is 0. The van der Waals surface area contributed by atoms with Crippen LogP contribution in [-0.4, -0.2) is 17.1 Å². The van der Waals surface area contributed by atoms with Crippen molar-refractivity contribution in [2.45, 2.75) is 0 Å². The van der Waals surface area contributed by atoms with Gasteiger partial charge in [-0.25, -0.2) is 4.98 Å². The molecule has 3 nitrogen and oxygen atoms in total. The quantitative estimate of drug-likeness (QED) is 0.850. The molecule has 1 aromatic carbocycles. The Bertz CT molecular complexity index is 519. The fraction of sp³-hybridized carbons (Fsp3) is 0.0909. The van der Waals surface area contributed by atoms with Crippen LogP contribution in [0.5, 0.6) is 5.75 Å². The Kier molecular flexibility index (Phi) is 3.41. The number of ether oxygens (including phenoxy) is 1. The van der Waals surface area contributed by atoms with Crippen molar-refractivity contribution in [1.82, 2.24) is 9.97 Å². The van der Waals surface area contributed by atoms with Crippen LogP contribution in [0.3, 0.4) is 0 Å². The van der Waals surface area contributed by atoms with Crippen molar-refractivity contribution in [3.63, 3.8) is 0 Å². The monoisotopic (exact) mass is 298 g/mol. The van der Waals surface area contributed by atoms with Crippen LogP contribution in [0, 0.1) is 0 Å². The summed E-state index contributed by atoms with van der Waals surface area (Å²) >= 11 is 9.40. The molecule has 0 radical (unpaired) electrons. The van der Waals surface area contributed by atoms with E-state index in [0.29, 0.717) is 16.6 Å². The summed E-state index contributed by atoms with van der Waals surface area (Å²) in [6.07, 6.45) is 3.15. The molecule has 0 aliphatic rings. The number of rotatable bonds is 2. The van der Waals surface area contributed by atoms with Crippen molar-refractivity contribution in [2.24, 2.45) is 0 Å². The van der Waals surface area contributed by atoms with Crippen LogP contribution in [-0.2, 0) is 0 Å². The molecule has 5 heteroatoms.